The van der Waals surface area contributed by atoms with Crippen LogP contribution in [-0.4, -0.2) is 17.8 Å². The molecule has 0 heterocycles. The van der Waals surface area contributed by atoms with E-state index < -0.39 is 6.37 Å². The summed E-state index contributed by atoms with van der Waals surface area (Å²) >= 11 is 5.53. The quantitative estimate of drug-likeness (QED) is 0.559. The minimum absolute atomic E-state index is 0.0811. The van der Waals surface area contributed by atoms with Crippen LogP contribution in [0.5, 0.6) is 0 Å². The number of unbranched alkanes of at least 4 members (excludes halogenated alkanes) is 1. The molecule has 1 fully saturated rings. The molecule has 0 unspecified atom stereocenters. The second-order valence-electron chi connectivity index (χ2n) is 3.74. The summed E-state index contributed by atoms with van der Waals surface area (Å²) in [4.78, 5) is 11.5. The Bertz CT molecular complexity index is 226. The lowest BCUT2D eigenvalue weighted by Gasteiger charge is -2.22. The number of hydrogen-bond acceptors (Lipinski definition) is 1. The van der Waals surface area contributed by atoms with Crippen molar-refractivity contribution in [2.24, 2.45) is 0 Å². The molecule has 3 heteroatoms. The Hall–Kier alpha value is -0.240. The molecule has 0 bridgehead atoms. The minimum atomic E-state index is -1.03. The molecule has 14 heavy (non-hydrogen) atoms. The van der Waals surface area contributed by atoms with Crippen LogP contribution in [0.3, 0.4) is 0 Å². The highest BCUT2D eigenvalue weighted by atomic mass is 35.5. The Labute approximate surface area is 94.2 Å². The predicted octanol–water partition coefficient (Wildman–Crippen LogP) is 2.84. The molecule has 0 aromatic heterocycles. The summed E-state index contributed by atoms with van der Waals surface area (Å²) in [6.07, 6.45) is 3.85. The number of carbonyl (C=O) groups excluding carboxylic acids is 1. The molecular weight excluding hydrogens is 198 g/mol. The molecule has 1 aliphatic rings. The van der Waals surface area contributed by atoms with Crippen molar-refractivity contribution in [2.45, 2.75) is 57.4 Å². The van der Waals surface area contributed by atoms with Gasteiger partial charge in [-0.3, -0.25) is 4.79 Å². The zero-order valence-corrected chi connectivity index (χ0v) is 9.28. The number of halogens is 1. The van der Waals surface area contributed by atoms with Crippen LogP contribution < -0.4 is 5.32 Å². The van der Waals surface area contributed by atoms with Gasteiger partial charge < -0.3 is 5.32 Å². The molecule has 0 atom stereocenters. The summed E-state index contributed by atoms with van der Waals surface area (Å²) in [5.41, 5.74) is 0. The number of nitrogens with one attached hydrogen (secondary N) is 1. The van der Waals surface area contributed by atoms with Gasteiger partial charge in [-0.05, 0) is 25.7 Å². The largest absolute Gasteiger partial charge is 0.353 e. The third-order valence-corrected chi connectivity index (χ3v) is 2.76. The summed E-state index contributed by atoms with van der Waals surface area (Å²) in [7, 11) is 0. The molecule has 0 aromatic carbocycles. The fourth-order valence-electron chi connectivity index (χ4n) is 1.65. The summed E-state index contributed by atoms with van der Waals surface area (Å²) in [6.45, 7) is 0. The van der Waals surface area contributed by atoms with Crippen LogP contribution in [0.4, 0.5) is 0 Å². The summed E-state index contributed by atoms with van der Waals surface area (Å²) in [5, 5.41) is 2.97. The van der Waals surface area contributed by atoms with Crippen LogP contribution in [0.25, 0.3) is 0 Å². The fraction of sp³-hybridized carbons (Fsp3) is 0.909. The molecule has 1 N–H and O–H groups in total. The van der Waals surface area contributed by atoms with E-state index in [1.165, 1.54) is 0 Å². The third kappa shape index (κ3) is 4.85. The Morgan fingerprint density at radius 1 is 1.43 bits per heavy atom. The Kier molecular flexibility index (Phi) is 4.58. The highest BCUT2D eigenvalue weighted by molar-refractivity contribution is 6.17. The first kappa shape index (κ1) is 9.02. The lowest BCUT2D eigenvalue weighted by atomic mass is 9.95. The van der Waals surface area contributed by atoms with Crippen LogP contribution in [0.2, 0.25) is 0 Å². The molecule has 0 aromatic rings. The van der Waals surface area contributed by atoms with E-state index in [0.29, 0.717) is 25.1 Å². The van der Waals surface area contributed by atoms with Crippen molar-refractivity contribution < 1.29 is 7.54 Å². The average molecular weight is 220 g/mol. The Morgan fingerprint density at radius 3 is 2.79 bits per heavy atom. The first-order chi connectivity index (χ1) is 7.53. The molecular formula is C11H20ClNO. The van der Waals surface area contributed by atoms with E-state index in [4.69, 9.17) is 14.3 Å². The SMILES string of the molecule is [2H]C1([2H])CCC(NC(=O)CCCCCl)CC1. The number of carbonyl (C=O) groups is 1. The normalized spacial score (nSPS) is 23.8. The topological polar surface area (TPSA) is 29.1 Å². The van der Waals surface area contributed by atoms with E-state index in [0.717, 1.165) is 25.7 Å². The van der Waals surface area contributed by atoms with Crippen LogP contribution in [-0.2, 0) is 4.79 Å². The third-order valence-electron chi connectivity index (χ3n) is 2.49. The standard InChI is InChI=1S/C11H20ClNO/c12-9-5-4-8-11(14)13-10-6-2-1-3-7-10/h10H,1-9H2,(H,13,14)/i1D2. The minimum Gasteiger partial charge on any atom is -0.353 e. The van der Waals surface area contributed by atoms with Gasteiger partial charge in [0.2, 0.25) is 5.91 Å². The monoisotopic (exact) mass is 219 g/mol. The second kappa shape index (κ2) is 7.10. The van der Waals surface area contributed by atoms with E-state index in [1.807, 2.05) is 0 Å². The van der Waals surface area contributed by atoms with Crippen LogP contribution in [0.15, 0.2) is 0 Å². The van der Waals surface area contributed by atoms with Crippen molar-refractivity contribution in [3.05, 3.63) is 0 Å². The highest BCUT2D eigenvalue weighted by Gasteiger charge is 2.14. The van der Waals surface area contributed by atoms with Crippen LogP contribution >= 0.6 is 11.6 Å². The second-order valence-corrected chi connectivity index (χ2v) is 4.12. The lowest BCUT2D eigenvalue weighted by molar-refractivity contribution is -0.122. The van der Waals surface area contributed by atoms with Crippen molar-refractivity contribution in [3.63, 3.8) is 0 Å². The molecule has 0 spiro atoms. The summed E-state index contributed by atoms with van der Waals surface area (Å²) < 4.78 is 15.1. The van der Waals surface area contributed by atoms with E-state index in [9.17, 15) is 4.79 Å². The van der Waals surface area contributed by atoms with Gasteiger partial charge in [-0.2, -0.15) is 0 Å². The van der Waals surface area contributed by atoms with E-state index in [-0.39, 0.29) is 11.9 Å². The average Bonchev–Trinajstić information content (AvgIpc) is 2.22. The van der Waals surface area contributed by atoms with Crippen molar-refractivity contribution in [1.82, 2.24) is 5.32 Å². The van der Waals surface area contributed by atoms with Crippen LogP contribution in [0, 0.1) is 0 Å². The van der Waals surface area contributed by atoms with Crippen molar-refractivity contribution >= 4 is 17.5 Å². The van der Waals surface area contributed by atoms with Gasteiger partial charge >= 0.3 is 0 Å². The smallest absolute Gasteiger partial charge is 0.220 e. The molecule has 0 saturated heterocycles. The molecule has 1 amide bonds. The zero-order chi connectivity index (χ0) is 12.0. The fourth-order valence-corrected chi connectivity index (χ4v) is 1.84. The van der Waals surface area contributed by atoms with Gasteiger partial charge in [0.1, 0.15) is 0 Å². The highest BCUT2D eigenvalue weighted by Crippen LogP contribution is 2.17. The summed E-state index contributed by atoms with van der Waals surface area (Å²) in [6, 6.07) is 0.173. The van der Waals surface area contributed by atoms with Gasteiger partial charge in [-0.15, -0.1) is 11.6 Å². The lowest BCUT2D eigenvalue weighted by Crippen LogP contribution is -2.35. The Morgan fingerprint density at radius 2 is 2.14 bits per heavy atom. The molecule has 0 aliphatic heterocycles. The van der Waals surface area contributed by atoms with E-state index >= 15 is 0 Å². The number of rotatable bonds is 5. The summed E-state index contributed by atoms with van der Waals surface area (Å²) in [5.74, 6) is 0.689. The van der Waals surface area contributed by atoms with Gasteiger partial charge in [-0.25, -0.2) is 0 Å². The number of amides is 1. The first-order valence-electron chi connectivity index (χ1n) is 6.39. The van der Waals surface area contributed by atoms with E-state index in [1.54, 1.807) is 0 Å². The van der Waals surface area contributed by atoms with Gasteiger partial charge in [-0.1, -0.05) is 19.2 Å². The van der Waals surface area contributed by atoms with Gasteiger partial charge in [0.25, 0.3) is 0 Å². The molecule has 1 rings (SSSR count). The van der Waals surface area contributed by atoms with Gasteiger partial charge in [0.05, 0.1) is 0 Å². The zero-order valence-electron chi connectivity index (χ0n) is 10.5. The maximum absolute atomic E-state index is 11.5. The molecule has 2 nitrogen and oxygen atoms in total. The molecule has 1 aliphatic carbocycles. The van der Waals surface area contributed by atoms with E-state index in [2.05, 4.69) is 5.32 Å². The van der Waals surface area contributed by atoms with Crippen molar-refractivity contribution in [1.29, 1.82) is 0 Å². The van der Waals surface area contributed by atoms with Crippen LogP contribution in [0.1, 0.15) is 54.1 Å². The first-order valence-corrected chi connectivity index (χ1v) is 5.92. The van der Waals surface area contributed by atoms with Gasteiger partial charge in [0, 0.05) is 21.1 Å². The molecule has 82 valence electrons. The maximum Gasteiger partial charge on any atom is 0.220 e. The maximum atomic E-state index is 11.5. The number of alkyl halides is 1. The molecule has 1 saturated carbocycles. The number of hydrogen-bond donors (Lipinski definition) is 1. The predicted molar refractivity (Wildman–Crippen MR) is 59.6 cm³/mol. The Balaban J connectivity index is 2.16. The van der Waals surface area contributed by atoms with Crippen molar-refractivity contribution in [2.75, 3.05) is 5.88 Å². The van der Waals surface area contributed by atoms with Gasteiger partial charge in [0.15, 0.2) is 0 Å². The van der Waals surface area contributed by atoms with Crippen molar-refractivity contribution in [3.8, 4) is 0 Å². The molecule has 0 radical (unpaired) electrons.